The van der Waals surface area contributed by atoms with Gasteiger partial charge in [-0.3, -0.25) is 4.79 Å². The van der Waals surface area contributed by atoms with Crippen LogP contribution in [0.2, 0.25) is 0 Å². The van der Waals surface area contributed by atoms with E-state index < -0.39 is 5.24 Å². The molecule has 0 aliphatic rings. The number of primary amides is 1. The summed E-state index contributed by atoms with van der Waals surface area (Å²) >= 11 is 7.57. The van der Waals surface area contributed by atoms with E-state index in [2.05, 4.69) is 51.4 Å². The van der Waals surface area contributed by atoms with Gasteiger partial charge in [0, 0.05) is 21.1 Å². The van der Waals surface area contributed by atoms with E-state index in [1.807, 2.05) is 0 Å². The first-order chi connectivity index (χ1) is 7.42. The van der Waals surface area contributed by atoms with E-state index in [9.17, 15) is 0 Å². The average molecular weight is 363 g/mol. The Morgan fingerprint density at radius 1 is 1.35 bits per heavy atom. The Bertz CT molecular complexity index is 166. The van der Waals surface area contributed by atoms with Gasteiger partial charge in [-0.2, -0.15) is 6.42 Å². The van der Waals surface area contributed by atoms with Crippen molar-refractivity contribution >= 4 is 35.3 Å². The molecule has 0 aromatic rings. The van der Waals surface area contributed by atoms with Crippen LogP contribution < -0.4 is 11.5 Å². The first-order valence-corrected chi connectivity index (χ1v) is 5.97. The molecule has 0 atom stereocenters. The molecule has 0 bridgehead atoms. The molecule has 0 unspecified atom stereocenters. The van der Waals surface area contributed by atoms with Gasteiger partial charge >= 0.3 is 0 Å². The van der Waals surface area contributed by atoms with Gasteiger partial charge in [-0.15, -0.1) is 0 Å². The van der Waals surface area contributed by atoms with E-state index in [4.69, 9.17) is 15.3 Å². The fourth-order valence-electron chi connectivity index (χ4n) is 0.317. The van der Waals surface area contributed by atoms with Gasteiger partial charge in [0.25, 0.3) is 10.4 Å². The molecule has 0 spiro atoms. The summed E-state index contributed by atoms with van der Waals surface area (Å²) in [5, 5.41) is -0.488. The molecule has 0 aromatic carbocycles. The smallest absolute Gasteiger partial charge is 0.273 e. The van der Waals surface area contributed by atoms with E-state index in [1.54, 1.807) is 0 Å². The number of ether oxygens (including phenoxy) is 1. The van der Waals surface area contributed by atoms with Crippen LogP contribution in [0.1, 0.15) is 39.5 Å². The molecule has 0 aromatic heterocycles. The van der Waals surface area contributed by atoms with Gasteiger partial charge in [0.1, 0.15) is 0 Å². The summed E-state index contributed by atoms with van der Waals surface area (Å²) in [6, 6.07) is 0. The second kappa shape index (κ2) is 25.1. The Labute approximate surface area is 130 Å². The summed E-state index contributed by atoms with van der Waals surface area (Å²) < 4.78 is 4.79. The summed E-state index contributed by atoms with van der Waals surface area (Å²) in [7, 11) is 0. The minimum absolute atomic E-state index is 0. The standard InChI is InChI=1S/C5H11NOS.C4H9.CH3NOS.Mo/c1-2-3-4-7-5(6)8;1-3-4-2;2-1(3)4;/h2-4H2,1H3,(H2,6,8);1,3-4H2,2H3;(H3,2,3,4);/q;-1;;. The minimum Gasteiger partial charge on any atom is -0.471 e. The minimum atomic E-state index is -0.639. The van der Waals surface area contributed by atoms with Crippen molar-refractivity contribution in [3.63, 3.8) is 0 Å². The second-order valence-electron chi connectivity index (χ2n) is 2.71. The van der Waals surface area contributed by atoms with Gasteiger partial charge in [-0.25, -0.2) is 0 Å². The van der Waals surface area contributed by atoms with Crippen molar-refractivity contribution in [2.75, 3.05) is 6.61 Å². The Kier molecular flexibility index (Phi) is 38.3. The summed E-state index contributed by atoms with van der Waals surface area (Å²) in [6.07, 6.45) is 4.42. The van der Waals surface area contributed by atoms with Gasteiger partial charge in [0.15, 0.2) is 0 Å². The summed E-state index contributed by atoms with van der Waals surface area (Å²) in [4.78, 5) is 9.09. The van der Waals surface area contributed by atoms with Crippen LogP contribution in [-0.4, -0.2) is 17.0 Å². The summed E-state index contributed by atoms with van der Waals surface area (Å²) in [5.41, 5.74) is 9.38. The van der Waals surface area contributed by atoms with E-state index in [1.165, 1.54) is 6.42 Å². The van der Waals surface area contributed by atoms with E-state index in [0.717, 1.165) is 19.3 Å². The van der Waals surface area contributed by atoms with Crippen LogP contribution in [0.3, 0.4) is 0 Å². The van der Waals surface area contributed by atoms with Crippen LogP contribution in [-0.2, 0) is 25.8 Å². The third kappa shape index (κ3) is 85.0. The molecule has 17 heavy (non-hydrogen) atoms. The van der Waals surface area contributed by atoms with Crippen LogP contribution in [0.15, 0.2) is 0 Å². The Balaban J connectivity index is -0.0000000806. The van der Waals surface area contributed by atoms with Crippen molar-refractivity contribution in [1.82, 2.24) is 0 Å². The molecule has 4 N–H and O–H groups in total. The molecule has 0 aliphatic heterocycles. The number of nitrogens with two attached hydrogens (primary N) is 2. The van der Waals surface area contributed by atoms with Gasteiger partial charge in [-0.1, -0.05) is 39.3 Å². The predicted molar refractivity (Wildman–Crippen MR) is 76.5 cm³/mol. The number of hydrogen-bond acceptors (Lipinski definition) is 3. The molecule has 1 amide bonds. The Morgan fingerprint density at radius 2 is 1.71 bits per heavy atom. The molecule has 0 radical (unpaired) electrons. The zero-order valence-electron chi connectivity index (χ0n) is 10.5. The molecule has 104 valence electrons. The number of carbonyl (C=O) groups excluding carboxylic acids is 1. The second-order valence-corrected chi connectivity index (χ2v) is 3.56. The molecule has 4 nitrogen and oxygen atoms in total. The molecule has 0 fully saturated rings. The molecule has 0 saturated heterocycles. The maximum atomic E-state index is 9.09. The zero-order valence-corrected chi connectivity index (χ0v) is 14.2. The fourth-order valence-corrected chi connectivity index (χ4v) is 0.400. The van der Waals surface area contributed by atoms with Crippen molar-refractivity contribution in [2.45, 2.75) is 39.5 Å². The molecular formula is C10H23MoN2O2S2-. The third-order valence-corrected chi connectivity index (χ3v) is 1.21. The Hall–Kier alpha value is 0.198. The number of thiol groups is 1. The van der Waals surface area contributed by atoms with Crippen molar-refractivity contribution in [1.29, 1.82) is 0 Å². The average Bonchev–Trinajstić information content (AvgIpc) is 2.17. The van der Waals surface area contributed by atoms with Crippen molar-refractivity contribution in [2.24, 2.45) is 11.5 Å². The largest absolute Gasteiger partial charge is 0.471 e. The van der Waals surface area contributed by atoms with Gasteiger partial charge in [-0.05, 0) is 18.6 Å². The van der Waals surface area contributed by atoms with Crippen molar-refractivity contribution in [3.8, 4) is 0 Å². The van der Waals surface area contributed by atoms with Crippen molar-refractivity contribution in [3.05, 3.63) is 6.92 Å². The predicted octanol–water partition coefficient (Wildman–Crippen LogP) is 2.66. The molecule has 0 heterocycles. The number of amides is 1. The quantitative estimate of drug-likeness (QED) is 0.236. The number of unbranched alkanes of at least 4 members (excludes halogenated alkanes) is 2. The molecule has 0 aliphatic carbocycles. The van der Waals surface area contributed by atoms with Crippen LogP contribution in [0, 0.1) is 6.92 Å². The number of rotatable bonds is 4. The molecule has 7 heteroatoms. The number of thiocarbonyl (C=S) groups is 1. The first kappa shape index (κ1) is 25.9. The van der Waals surface area contributed by atoms with E-state index in [0.29, 0.717) is 6.61 Å². The summed E-state index contributed by atoms with van der Waals surface area (Å²) in [5.74, 6) is 0. The fraction of sp³-hybridized carbons (Fsp3) is 0.700. The van der Waals surface area contributed by atoms with Crippen LogP contribution in [0.4, 0.5) is 4.79 Å². The maximum absolute atomic E-state index is 9.09. The van der Waals surface area contributed by atoms with Crippen molar-refractivity contribution < 1.29 is 30.6 Å². The summed E-state index contributed by atoms with van der Waals surface area (Å²) in [6.45, 7) is 8.47. The monoisotopic (exact) mass is 365 g/mol. The molecule has 0 saturated carbocycles. The molecule has 0 rings (SSSR count). The normalized spacial score (nSPS) is 7.29. The number of carbonyl (C=O) groups is 1. The molecular weight excluding hydrogens is 340 g/mol. The zero-order chi connectivity index (χ0) is 13.4. The third-order valence-electron chi connectivity index (χ3n) is 1.10. The SMILES string of the molecule is CCCCOC(N)=S.NC(=O)S.[CH2-]CCC.[Mo]. The topological polar surface area (TPSA) is 78.3 Å². The maximum Gasteiger partial charge on any atom is 0.273 e. The van der Waals surface area contributed by atoms with Gasteiger partial charge < -0.3 is 23.1 Å². The van der Waals surface area contributed by atoms with Crippen LogP contribution in [0.5, 0.6) is 0 Å². The van der Waals surface area contributed by atoms with E-state index >= 15 is 0 Å². The van der Waals surface area contributed by atoms with Crippen LogP contribution in [0.25, 0.3) is 0 Å². The Morgan fingerprint density at radius 3 is 1.88 bits per heavy atom. The van der Waals surface area contributed by atoms with E-state index in [-0.39, 0.29) is 26.2 Å². The van der Waals surface area contributed by atoms with Gasteiger partial charge in [0.05, 0.1) is 6.61 Å². The number of hydrogen-bond donors (Lipinski definition) is 3. The first-order valence-electron chi connectivity index (χ1n) is 5.12. The van der Waals surface area contributed by atoms with Crippen LogP contribution >= 0.6 is 24.8 Å². The van der Waals surface area contributed by atoms with Gasteiger partial charge in [0.2, 0.25) is 0 Å².